The Bertz CT molecular complexity index is 2080. The first-order valence-electron chi connectivity index (χ1n) is 25.7. The van der Waals surface area contributed by atoms with Crippen molar-refractivity contribution in [3.05, 3.63) is 65.8 Å². The SMILES string of the molecule is C=CC[C@@H]1/C=C(\C)C[C@H](C)C[C@H](OC)C2O[C@@](O)(C(=O)C(=O)N3CCCC[C@H]3C(=O)O[C@H](/C(C)=C/[C@@H]3CCC(SCc4ccc(O[C@H]5CCOC5=O)cc4)[C@H](OC)C3)[C@H](C)[C@@H](O)CC1=O)[C@H](C)C[C@@H]2OC. The molecule has 0 radical (unpaired) electrons. The van der Waals surface area contributed by atoms with Crippen LogP contribution in [-0.4, -0.2) is 139 Å². The Morgan fingerprint density at radius 1 is 0.901 bits per heavy atom. The van der Waals surface area contributed by atoms with Gasteiger partial charge in [-0.3, -0.25) is 14.4 Å². The number of ether oxygens (including phenoxy) is 7. The van der Waals surface area contributed by atoms with Gasteiger partial charge in [0.15, 0.2) is 6.10 Å². The molecule has 4 heterocycles. The van der Waals surface area contributed by atoms with E-state index in [1.54, 1.807) is 27.0 Å². The Labute approximate surface area is 424 Å². The quantitative estimate of drug-likeness (QED) is 0.121. The fourth-order valence-corrected chi connectivity index (χ4v) is 12.6. The van der Waals surface area contributed by atoms with E-state index in [1.165, 1.54) is 19.1 Å². The van der Waals surface area contributed by atoms with Crippen LogP contribution in [0, 0.1) is 29.6 Å². The molecule has 4 aliphatic heterocycles. The van der Waals surface area contributed by atoms with Gasteiger partial charge in [0.05, 0.1) is 31.0 Å². The highest BCUT2D eigenvalue weighted by molar-refractivity contribution is 7.99. The van der Waals surface area contributed by atoms with Gasteiger partial charge in [0, 0.05) is 69.5 Å². The summed E-state index contributed by atoms with van der Waals surface area (Å²) >= 11 is 1.82. The number of hydrogen-bond acceptors (Lipinski definition) is 15. The molecule has 2 unspecified atom stereocenters. The van der Waals surface area contributed by atoms with E-state index in [4.69, 9.17) is 33.2 Å². The summed E-state index contributed by atoms with van der Waals surface area (Å²) in [6.45, 7) is 13.6. The zero-order chi connectivity index (χ0) is 51.6. The number of carbonyl (C=O) groups excluding carboxylic acids is 5. The first-order valence-corrected chi connectivity index (χ1v) is 26.7. The zero-order valence-electron chi connectivity index (χ0n) is 43.1. The molecule has 1 aliphatic carbocycles. The molecule has 1 amide bonds. The molecule has 71 heavy (non-hydrogen) atoms. The van der Waals surface area contributed by atoms with E-state index in [2.05, 4.69) is 12.7 Å². The number of fused-ring (bicyclic) bond motifs is 3. The first-order chi connectivity index (χ1) is 33.9. The van der Waals surface area contributed by atoms with Crippen LogP contribution in [0.2, 0.25) is 0 Å². The fourth-order valence-electron chi connectivity index (χ4n) is 11.2. The molecule has 0 aromatic heterocycles. The Hall–Kier alpha value is -3.90. The maximum absolute atomic E-state index is 14.6. The molecule has 1 saturated carbocycles. The lowest BCUT2D eigenvalue weighted by Crippen LogP contribution is -2.64. The van der Waals surface area contributed by atoms with Gasteiger partial charge in [-0.25, -0.2) is 9.59 Å². The van der Waals surface area contributed by atoms with Crippen molar-refractivity contribution in [3.8, 4) is 5.75 Å². The van der Waals surface area contributed by atoms with Gasteiger partial charge in [-0.1, -0.05) is 56.7 Å². The number of nitrogens with zero attached hydrogens (tertiary/aromatic N) is 1. The van der Waals surface area contributed by atoms with Gasteiger partial charge in [-0.05, 0) is 113 Å². The second kappa shape index (κ2) is 25.9. The van der Waals surface area contributed by atoms with Crippen molar-refractivity contribution >= 4 is 41.2 Å². The highest BCUT2D eigenvalue weighted by atomic mass is 32.2. The standard InChI is InChI=1S/C55H79NO14S/c1-10-13-39-25-32(2)24-33(3)26-46(65-8)50-47(66-9)28-35(5)55(63,70-50)51(59)52(60)56-22-12-11-14-41(56)53(61)69-49(36(6)42(57)30-43(39)58)34(4)27-38-17-20-48(45(29-38)64-7)71-31-37-15-18-40(19-16-37)68-44-21-23-67-54(44)62/h10,15-16,18-19,25,27,33,35-36,38-39,41-42,44-50,57,63H,1,11-14,17,20-24,26,28-31H2,2-9H3/b32-25+,34-27+/t33-,35+,36+,38-,39+,41-,42-,44-,45+,46-,47-,48?,49+,50?,55+/m0/s1. The van der Waals surface area contributed by atoms with E-state index < -0.39 is 83.9 Å². The molecule has 4 fully saturated rings. The van der Waals surface area contributed by atoms with Crippen molar-refractivity contribution in [2.24, 2.45) is 29.6 Å². The molecule has 16 heteroatoms. The molecule has 15 atom stereocenters. The second-order valence-corrected chi connectivity index (χ2v) is 22.0. The summed E-state index contributed by atoms with van der Waals surface area (Å²) in [5, 5.41) is 24.3. The number of piperidine rings is 1. The molecular weight excluding hydrogens is 931 g/mol. The zero-order valence-corrected chi connectivity index (χ0v) is 43.9. The van der Waals surface area contributed by atoms with E-state index in [0.717, 1.165) is 29.7 Å². The Balaban J connectivity index is 1.25. The van der Waals surface area contributed by atoms with E-state index in [1.807, 2.05) is 62.9 Å². The number of cyclic esters (lactones) is 2. The van der Waals surface area contributed by atoms with Crippen LogP contribution in [0.5, 0.6) is 5.75 Å². The number of aliphatic hydroxyl groups is 2. The third-order valence-corrected chi connectivity index (χ3v) is 16.9. The number of Topliss-reactive ketones (excluding diaryl/α,β-unsaturated/α-hetero) is 2. The average molecular weight is 1010 g/mol. The number of ketones is 2. The normalized spacial score (nSPS) is 37.2. The summed E-state index contributed by atoms with van der Waals surface area (Å²) in [7, 11) is 4.78. The molecule has 5 aliphatic rings. The van der Waals surface area contributed by atoms with Gasteiger partial charge in [-0.2, -0.15) is 11.8 Å². The van der Waals surface area contributed by atoms with E-state index in [-0.39, 0.29) is 60.7 Å². The number of carbonyl (C=O) groups is 5. The van der Waals surface area contributed by atoms with Crippen LogP contribution in [-0.2, 0) is 58.1 Å². The van der Waals surface area contributed by atoms with Crippen molar-refractivity contribution in [2.45, 2.75) is 177 Å². The van der Waals surface area contributed by atoms with Crippen LogP contribution >= 0.6 is 11.8 Å². The van der Waals surface area contributed by atoms with Crippen molar-refractivity contribution in [1.29, 1.82) is 0 Å². The molecule has 3 saturated heterocycles. The van der Waals surface area contributed by atoms with Gasteiger partial charge in [0.1, 0.15) is 29.8 Å². The topological polar surface area (TPSA) is 194 Å². The van der Waals surface area contributed by atoms with Crippen LogP contribution in [0.25, 0.3) is 0 Å². The summed E-state index contributed by atoms with van der Waals surface area (Å²) in [4.78, 5) is 70.6. The van der Waals surface area contributed by atoms with Gasteiger partial charge >= 0.3 is 11.9 Å². The summed E-state index contributed by atoms with van der Waals surface area (Å²) in [6.07, 6.45) is 6.45. The lowest BCUT2D eigenvalue weighted by atomic mass is 9.82. The van der Waals surface area contributed by atoms with E-state index >= 15 is 0 Å². The van der Waals surface area contributed by atoms with Crippen LogP contribution in [0.4, 0.5) is 0 Å². The number of aliphatic hydroxyl groups excluding tert-OH is 1. The van der Waals surface area contributed by atoms with Gasteiger partial charge in [0.25, 0.3) is 11.7 Å². The number of allylic oxidation sites excluding steroid dienone is 4. The Morgan fingerprint density at radius 2 is 1.61 bits per heavy atom. The highest BCUT2D eigenvalue weighted by Crippen LogP contribution is 2.40. The minimum Gasteiger partial charge on any atom is -0.479 e. The predicted octanol–water partition coefficient (Wildman–Crippen LogP) is 7.27. The van der Waals surface area contributed by atoms with Crippen LogP contribution in [0.3, 0.4) is 0 Å². The van der Waals surface area contributed by atoms with E-state index in [0.29, 0.717) is 62.9 Å². The summed E-state index contributed by atoms with van der Waals surface area (Å²) in [5.41, 5.74) is 2.77. The molecule has 15 nitrogen and oxygen atoms in total. The molecule has 2 bridgehead atoms. The predicted molar refractivity (Wildman–Crippen MR) is 268 cm³/mol. The Kier molecular flexibility index (Phi) is 20.5. The maximum atomic E-state index is 14.6. The van der Waals surface area contributed by atoms with Crippen LogP contribution in [0.15, 0.2) is 60.2 Å². The first kappa shape index (κ1) is 56.4. The number of rotatable bonds is 12. The number of benzene rings is 1. The number of amides is 1. The summed E-state index contributed by atoms with van der Waals surface area (Å²) < 4.78 is 41.4. The highest BCUT2D eigenvalue weighted by Gasteiger charge is 2.56. The second-order valence-electron chi connectivity index (χ2n) is 20.8. The largest absolute Gasteiger partial charge is 0.479 e. The third-order valence-electron chi connectivity index (χ3n) is 15.4. The van der Waals surface area contributed by atoms with Crippen molar-refractivity contribution in [2.75, 3.05) is 34.5 Å². The van der Waals surface area contributed by atoms with E-state index in [9.17, 15) is 34.2 Å². The van der Waals surface area contributed by atoms with Crippen molar-refractivity contribution in [1.82, 2.24) is 4.90 Å². The van der Waals surface area contributed by atoms with Gasteiger partial charge in [-0.15, -0.1) is 6.58 Å². The minimum absolute atomic E-state index is 0.000914. The van der Waals surface area contributed by atoms with Crippen LogP contribution < -0.4 is 4.74 Å². The van der Waals surface area contributed by atoms with Gasteiger partial charge in [0.2, 0.25) is 5.79 Å². The van der Waals surface area contributed by atoms with Crippen LogP contribution in [0.1, 0.15) is 117 Å². The number of methoxy groups -OCH3 is 3. The smallest absolute Gasteiger partial charge is 0.347 e. The maximum Gasteiger partial charge on any atom is 0.347 e. The number of hydrogen-bond donors (Lipinski definition) is 2. The lowest BCUT2D eigenvalue weighted by molar-refractivity contribution is -0.302. The summed E-state index contributed by atoms with van der Waals surface area (Å²) in [5.74, 6) is -6.71. The number of esters is 2. The summed E-state index contributed by atoms with van der Waals surface area (Å²) in [6, 6.07) is 6.60. The monoisotopic (exact) mass is 1010 g/mol. The molecule has 6 rings (SSSR count). The molecule has 2 N–H and O–H groups in total. The Morgan fingerprint density at radius 3 is 2.27 bits per heavy atom. The lowest BCUT2D eigenvalue weighted by Gasteiger charge is -2.47. The molecular formula is C55H79NO14S. The average Bonchev–Trinajstić information content (AvgIpc) is 3.77. The molecule has 394 valence electrons. The molecule has 0 spiro atoms. The van der Waals surface area contributed by atoms with Crippen molar-refractivity contribution in [3.63, 3.8) is 0 Å². The molecule has 1 aromatic rings. The number of thioether (sulfide) groups is 1. The molecule has 1 aromatic carbocycles. The van der Waals surface area contributed by atoms with Crippen molar-refractivity contribution < 1.29 is 67.3 Å². The third kappa shape index (κ3) is 14.0. The fraction of sp³-hybridized carbons (Fsp3) is 0.691. The minimum atomic E-state index is -2.52. The van der Waals surface area contributed by atoms with Gasteiger partial charge < -0.3 is 48.3 Å².